The van der Waals surface area contributed by atoms with Crippen LogP contribution in [0, 0.1) is 11.8 Å². The van der Waals surface area contributed by atoms with E-state index >= 15 is 0 Å². The Morgan fingerprint density at radius 3 is 2.31 bits per heavy atom. The molecular formula is C7H15O5P. The lowest BCUT2D eigenvalue weighted by molar-refractivity contribution is 0.148. The van der Waals surface area contributed by atoms with Crippen molar-refractivity contribution in [3.05, 3.63) is 12.3 Å². The number of aliphatic hydroxyl groups excluding tert-OH is 1. The van der Waals surface area contributed by atoms with Gasteiger partial charge in [-0.25, -0.2) is 4.57 Å². The van der Waals surface area contributed by atoms with Crippen molar-refractivity contribution in [2.45, 2.75) is 13.8 Å². The molecule has 0 aliphatic rings. The lowest BCUT2D eigenvalue weighted by Crippen LogP contribution is -2.15. The van der Waals surface area contributed by atoms with Gasteiger partial charge in [0.25, 0.3) is 0 Å². The first-order valence-corrected chi connectivity index (χ1v) is 5.35. The summed E-state index contributed by atoms with van der Waals surface area (Å²) in [5.74, 6) is -0.446. The van der Waals surface area contributed by atoms with Crippen LogP contribution >= 0.6 is 7.82 Å². The van der Waals surface area contributed by atoms with Gasteiger partial charge in [0.15, 0.2) is 0 Å². The molecule has 0 bridgehead atoms. The molecule has 0 heterocycles. The van der Waals surface area contributed by atoms with Crippen LogP contribution in [0.3, 0.4) is 0 Å². The fraction of sp³-hybridized carbons (Fsp3) is 0.714. The molecular weight excluding hydrogens is 195 g/mol. The molecule has 0 aliphatic heterocycles. The minimum atomic E-state index is -4.40. The highest BCUT2D eigenvalue weighted by Gasteiger charge is 2.20. The van der Waals surface area contributed by atoms with E-state index in [2.05, 4.69) is 11.1 Å². The Hall–Kier alpha value is -0.350. The first kappa shape index (κ1) is 12.7. The van der Waals surface area contributed by atoms with Gasteiger partial charge in [0.05, 0.1) is 12.4 Å². The minimum absolute atomic E-state index is 0.0122. The normalized spacial score (nSPS) is 16.6. The Morgan fingerprint density at radius 2 is 2.00 bits per heavy atom. The van der Waals surface area contributed by atoms with Gasteiger partial charge in [-0.15, -0.1) is 0 Å². The topological polar surface area (TPSA) is 87.0 Å². The summed E-state index contributed by atoms with van der Waals surface area (Å²) in [4.78, 5) is 16.8. The number of phosphoric ester groups is 1. The van der Waals surface area contributed by atoms with Crippen LogP contribution in [0.4, 0.5) is 0 Å². The van der Waals surface area contributed by atoms with Crippen LogP contribution < -0.4 is 0 Å². The molecule has 0 rings (SSSR count). The average molecular weight is 210 g/mol. The molecule has 0 aromatic heterocycles. The van der Waals surface area contributed by atoms with Crippen molar-refractivity contribution in [3.8, 4) is 0 Å². The quantitative estimate of drug-likeness (QED) is 0.472. The second-order valence-electron chi connectivity index (χ2n) is 3.04. The lowest BCUT2D eigenvalue weighted by Gasteiger charge is -2.18. The van der Waals surface area contributed by atoms with Gasteiger partial charge < -0.3 is 14.9 Å². The maximum atomic E-state index is 10.3. The smallest absolute Gasteiger partial charge is 0.469 e. The Kier molecular flexibility index (Phi) is 4.64. The van der Waals surface area contributed by atoms with E-state index in [1.807, 2.05) is 0 Å². The van der Waals surface area contributed by atoms with E-state index in [4.69, 9.17) is 14.9 Å². The number of rotatable bonds is 5. The van der Waals surface area contributed by atoms with E-state index in [0.717, 1.165) is 0 Å². The third-order valence-corrected chi connectivity index (χ3v) is 2.37. The van der Waals surface area contributed by atoms with Crippen LogP contribution in [-0.4, -0.2) is 21.5 Å². The number of aliphatic hydroxyl groups is 1. The minimum Gasteiger partial charge on any atom is -0.513 e. The van der Waals surface area contributed by atoms with Gasteiger partial charge in [-0.2, -0.15) is 0 Å². The zero-order valence-electron chi connectivity index (χ0n) is 7.67. The summed E-state index contributed by atoms with van der Waals surface area (Å²) >= 11 is 0. The van der Waals surface area contributed by atoms with E-state index < -0.39 is 7.82 Å². The molecule has 0 amide bonds. The molecule has 0 aromatic rings. The molecule has 0 spiro atoms. The molecule has 0 aromatic carbocycles. The predicted molar refractivity (Wildman–Crippen MR) is 48.1 cm³/mol. The van der Waals surface area contributed by atoms with E-state index in [1.165, 1.54) is 0 Å². The van der Waals surface area contributed by atoms with Gasteiger partial charge in [-0.05, 0) is 5.92 Å². The van der Waals surface area contributed by atoms with Gasteiger partial charge in [-0.1, -0.05) is 20.4 Å². The van der Waals surface area contributed by atoms with Gasteiger partial charge in [0.2, 0.25) is 0 Å². The Labute approximate surface area is 77.3 Å². The molecule has 0 unspecified atom stereocenters. The van der Waals surface area contributed by atoms with Crippen molar-refractivity contribution in [3.63, 3.8) is 0 Å². The van der Waals surface area contributed by atoms with Crippen LogP contribution in [-0.2, 0) is 9.09 Å². The fourth-order valence-electron chi connectivity index (χ4n) is 0.687. The first-order chi connectivity index (χ1) is 5.74. The Bertz CT molecular complexity index is 221. The Morgan fingerprint density at radius 1 is 1.54 bits per heavy atom. The van der Waals surface area contributed by atoms with Crippen molar-refractivity contribution in [2.75, 3.05) is 6.61 Å². The van der Waals surface area contributed by atoms with Crippen LogP contribution in [0.5, 0.6) is 0 Å². The van der Waals surface area contributed by atoms with Crippen molar-refractivity contribution in [1.82, 2.24) is 0 Å². The summed E-state index contributed by atoms with van der Waals surface area (Å²) in [7, 11) is -4.40. The molecule has 78 valence electrons. The van der Waals surface area contributed by atoms with Gasteiger partial charge in [0.1, 0.15) is 0 Å². The number of hydrogen-bond donors (Lipinski definition) is 3. The molecule has 0 fully saturated rings. The van der Waals surface area contributed by atoms with Crippen molar-refractivity contribution >= 4 is 7.82 Å². The second kappa shape index (κ2) is 4.77. The summed E-state index contributed by atoms with van der Waals surface area (Å²) in [6.07, 6.45) is 0. The van der Waals surface area contributed by atoms with Gasteiger partial charge in [-0.3, -0.25) is 4.52 Å². The molecule has 0 saturated carbocycles. The van der Waals surface area contributed by atoms with Crippen molar-refractivity contribution in [1.29, 1.82) is 0 Å². The standard InChI is InChI=1S/C7H15O5P/c1-5(6(2)7(3)8)4-12-13(9,10)11/h5-6,8H,3-4H2,1-2H3,(H2,9,10,11)/t5-,6-/m1/s1. The third-order valence-electron chi connectivity index (χ3n) is 1.88. The molecule has 13 heavy (non-hydrogen) atoms. The summed E-state index contributed by atoms with van der Waals surface area (Å²) in [5, 5.41) is 8.98. The summed E-state index contributed by atoms with van der Waals surface area (Å²) < 4.78 is 14.6. The zero-order chi connectivity index (χ0) is 10.6. The molecule has 5 nitrogen and oxygen atoms in total. The van der Waals surface area contributed by atoms with Gasteiger partial charge >= 0.3 is 7.82 Å². The highest BCUT2D eigenvalue weighted by atomic mass is 31.2. The summed E-state index contributed by atoms with van der Waals surface area (Å²) in [6.45, 7) is 6.63. The largest absolute Gasteiger partial charge is 0.513 e. The van der Waals surface area contributed by atoms with Crippen molar-refractivity contribution < 1.29 is 24.0 Å². The maximum absolute atomic E-state index is 10.3. The fourth-order valence-corrected chi connectivity index (χ4v) is 1.12. The zero-order valence-corrected chi connectivity index (χ0v) is 8.57. The summed E-state index contributed by atoms with van der Waals surface area (Å²) in [5.41, 5.74) is 0. The van der Waals surface area contributed by atoms with Crippen molar-refractivity contribution in [2.24, 2.45) is 11.8 Å². The van der Waals surface area contributed by atoms with E-state index in [0.29, 0.717) is 0 Å². The lowest BCUT2D eigenvalue weighted by atomic mass is 9.96. The SMILES string of the molecule is C=C(O)[C@H](C)[C@H](C)COP(=O)(O)O. The molecule has 0 radical (unpaired) electrons. The predicted octanol–water partition coefficient (Wildman–Crippen LogP) is 1.44. The number of allylic oxidation sites excluding steroid dienone is 1. The van der Waals surface area contributed by atoms with Crippen LogP contribution in [0.2, 0.25) is 0 Å². The highest BCUT2D eigenvalue weighted by molar-refractivity contribution is 7.46. The first-order valence-electron chi connectivity index (χ1n) is 3.82. The van der Waals surface area contributed by atoms with E-state index in [9.17, 15) is 4.57 Å². The third kappa shape index (κ3) is 5.82. The molecule has 3 N–H and O–H groups in total. The highest BCUT2D eigenvalue weighted by Crippen LogP contribution is 2.37. The average Bonchev–Trinajstić information content (AvgIpc) is 1.97. The number of phosphoric acid groups is 1. The van der Waals surface area contributed by atoms with E-state index in [1.54, 1.807) is 13.8 Å². The van der Waals surface area contributed by atoms with Crippen LogP contribution in [0.25, 0.3) is 0 Å². The van der Waals surface area contributed by atoms with Crippen LogP contribution in [0.1, 0.15) is 13.8 Å². The molecule has 6 heteroatoms. The monoisotopic (exact) mass is 210 g/mol. The summed E-state index contributed by atoms with van der Waals surface area (Å²) in [6, 6.07) is 0. The Balaban J connectivity index is 3.95. The second-order valence-corrected chi connectivity index (χ2v) is 4.28. The molecule has 0 saturated heterocycles. The molecule has 2 atom stereocenters. The van der Waals surface area contributed by atoms with Crippen LogP contribution in [0.15, 0.2) is 12.3 Å². The number of hydrogen-bond acceptors (Lipinski definition) is 3. The van der Waals surface area contributed by atoms with Gasteiger partial charge in [0, 0.05) is 5.92 Å². The maximum Gasteiger partial charge on any atom is 0.469 e. The molecule has 0 aliphatic carbocycles. The van der Waals surface area contributed by atoms with E-state index in [-0.39, 0.29) is 24.2 Å².